The first-order valence-electron chi connectivity index (χ1n) is 9.34. The standard InChI is InChI=1S/2C9H17FN2O2/c2*1-9(2,3)14-8(13)12-4-6(10)7(11)5-12/h2*6-7H,4-5,11H2,1-3H3/t2*6-,7-/m10/s1. The molecule has 2 fully saturated rings. The molecular weight excluding hydrogens is 374 g/mol. The number of amides is 2. The molecule has 2 aliphatic heterocycles. The highest BCUT2D eigenvalue weighted by molar-refractivity contribution is 5.69. The van der Waals surface area contributed by atoms with Crippen LogP contribution in [0.2, 0.25) is 0 Å². The van der Waals surface area contributed by atoms with Crippen LogP contribution in [-0.2, 0) is 9.47 Å². The van der Waals surface area contributed by atoms with E-state index in [1.54, 1.807) is 41.5 Å². The molecule has 10 heteroatoms. The highest BCUT2D eigenvalue weighted by Crippen LogP contribution is 2.17. The Hall–Kier alpha value is -1.68. The minimum Gasteiger partial charge on any atom is -0.444 e. The quantitative estimate of drug-likeness (QED) is 0.632. The lowest BCUT2D eigenvalue weighted by Crippen LogP contribution is -2.36. The van der Waals surface area contributed by atoms with Crippen molar-refractivity contribution in [3.63, 3.8) is 0 Å². The van der Waals surface area contributed by atoms with Crippen LogP contribution in [0.3, 0.4) is 0 Å². The Balaban J connectivity index is 0.000000280. The third-order valence-corrected chi connectivity index (χ3v) is 3.88. The molecule has 0 aliphatic carbocycles. The van der Waals surface area contributed by atoms with Crippen molar-refractivity contribution in [1.29, 1.82) is 0 Å². The van der Waals surface area contributed by atoms with Gasteiger partial charge in [0.25, 0.3) is 0 Å². The smallest absolute Gasteiger partial charge is 0.410 e. The first-order chi connectivity index (χ1) is 12.6. The largest absolute Gasteiger partial charge is 0.444 e. The van der Waals surface area contributed by atoms with Gasteiger partial charge in [0.05, 0.1) is 25.2 Å². The van der Waals surface area contributed by atoms with Crippen LogP contribution >= 0.6 is 0 Å². The molecule has 0 bridgehead atoms. The van der Waals surface area contributed by atoms with Gasteiger partial charge >= 0.3 is 12.2 Å². The number of rotatable bonds is 0. The Labute approximate surface area is 165 Å². The van der Waals surface area contributed by atoms with Crippen LogP contribution in [0.4, 0.5) is 18.4 Å². The van der Waals surface area contributed by atoms with E-state index in [2.05, 4.69) is 0 Å². The molecule has 0 aromatic rings. The van der Waals surface area contributed by atoms with Crippen LogP contribution in [0.25, 0.3) is 0 Å². The minimum absolute atomic E-state index is 0.0378. The number of halogens is 2. The van der Waals surface area contributed by atoms with E-state index in [1.807, 2.05) is 0 Å². The fraction of sp³-hybridized carbons (Fsp3) is 0.889. The first kappa shape index (κ1) is 24.4. The zero-order valence-electron chi connectivity index (χ0n) is 17.6. The lowest BCUT2D eigenvalue weighted by atomic mass is 10.2. The summed E-state index contributed by atoms with van der Waals surface area (Å²) < 4.78 is 36.1. The molecule has 2 aliphatic rings. The topological polar surface area (TPSA) is 111 Å². The average molecular weight is 408 g/mol. The van der Waals surface area contributed by atoms with Crippen LogP contribution in [0.5, 0.6) is 0 Å². The summed E-state index contributed by atoms with van der Waals surface area (Å²) in [6, 6.07) is -1.16. The SMILES string of the molecule is CC(C)(C)OC(=O)N1C[C@@H](N)[C@H](F)C1.CC(C)(C)OC(=O)N1C[C@H](N)[C@@H](F)C1. The van der Waals surface area contributed by atoms with Crippen molar-refractivity contribution in [3.8, 4) is 0 Å². The molecule has 8 nitrogen and oxygen atoms in total. The van der Waals surface area contributed by atoms with E-state index in [4.69, 9.17) is 20.9 Å². The zero-order valence-corrected chi connectivity index (χ0v) is 17.6. The molecule has 0 aromatic carbocycles. The van der Waals surface area contributed by atoms with Gasteiger partial charge in [0.15, 0.2) is 0 Å². The van der Waals surface area contributed by atoms with Crippen LogP contribution in [0.15, 0.2) is 0 Å². The number of hydrogen-bond acceptors (Lipinski definition) is 6. The van der Waals surface area contributed by atoms with Gasteiger partial charge in [0.2, 0.25) is 0 Å². The van der Waals surface area contributed by atoms with Crippen LogP contribution in [0, 0.1) is 0 Å². The molecule has 2 rings (SSSR count). The van der Waals surface area contributed by atoms with Crippen LogP contribution < -0.4 is 11.5 Å². The number of carbonyl (C=O) groups excluding carboxylic acids is 2. The summed E-state index contributed by atoms with van der Waals surface area (Å²) in [5.41, 5.74) is 9.80. The van der Waals surface area contributed by atoms with Crippen molar-refractivity contribution in [2.24, 2.45) is 11.5 Å². The molecule has 28 heavy (non-hydrogen) atoms. The predicted octanol–water partition coefficient (Wildman–Crippen LogP) is 1.81. The van der Waals surface area contributed by atoms with E-state index in [1.165, 1.54) is 9.80 Å². The summed E-state index contributed by atoms with van der Waals surface area (Å²) in [6.07, 6.45) is -3.26. The normalized spacial score (nSPS) is 27.9. The minimum atomic E-state index is -1.14. The Morgan fingerprint density at radius 1 is 0.750 bits per heavy atom. The second-order valence-corrected chi connectivity index (χ2v) is 9.13. The predicted molar refractivity (Wildman–Crippen MR) is 101 cm³/mol. The molecule has 2 heterocycles. The monoisotopic (exact) mass is 408 g/mol. The highest BCUT2D eigenvalue weighted by Gasteiger charge is 2.36. The Morgan fingerprint density at radius 3 is 1.21 bits per heavy atom. The van der Waals surface area contributed by atoms with Gasteiger partial charge in [-0.1, -0.05) is 0 Å². The van der Waals surface area contributed by atoms with E-state index >= 15 is 0 Å². The second kappa shape index (κ2) is 9.21. The molecule has 0 radical (unpaired) electrons. The molecule has 164 valence electrons. The Kier molecular flexibility index (Phi) is 8.01. The summed E-state index contributed by atoms with van der Waals surface area (Å²) in [5, 5.41) is 0. The van der Waals surface area contributed by atoms with Gasteiger partial charge in [-0.15, -0.1) is 0 Å². The summed E-state index contributed by atoms with van der Waals surface area (Å²) in [5.74, 6) is 0. The average Bonchev–Trinajstić information content (AvgIpc) is 3.00. The maximum atomic E-state index is 13.0. The molecule has 0 spiro atoms. The number of ether oxygens (including phenoxy) is 2. The summed E-state index contributed by atoms with van der Waals surface area (Å²) >= 11 is 0. The van der Waals surface area contributed by atoms with Gasteiger partial charge < -0.3 is 30.7 Å². The highest BCUT2D eigenvalue weighted by atomic mass is 19.1. The van der Waals surface area contributed by atoms with Gasteiger partial charge in [-0.2, -0.15) is 0 Å². The fourth-order valence-electron chi connectivity index (χ4n) is 2.53. The van der Waals surface area contributed by atoms with Crippen molar-refractivity contribution in [3.05, 3.63) is 0 Å². The van der Waals surface area contributed by atoms with E-state index in [0.717, 1.165) is 0 Å². The zero-order chi connectivity index (χ0) is 21.9. The molecule has 0 aromatic heterocycles. The number of hydrogen-bond donors (Lipinski definition) is 2. The van der Waals surface area contributed by atoms with Crippen molar-refractivity contribution < 1.29 is 27.8 Å². The molecule has 2 amide bonds. The molecule has 2 saturated heterocycles. The van der Waals surface area contributed by atoms with E-state index in [0.29, 0.717) is 0 Å². The van der Waals surface area contributed by atoms with Crippen molar-refractivity contribution >= 4 is 12.2 Å². The molecular formula is C18H34F2N4O4. The number of alkyl halides is 2. The number of carbonyl (C=O) groups is 2. The third-order valence-electron chi connectivity index (χ3n) is 3.88. The summed E-state index contributed by atoms with van der Waals surface area (Å²) in [4.78, 5) is 25.5. The first-order valence-corrected chi connectivity index (χ1v) is 9.34. The van der Waals surface area contributed by atoms with Crippen molar-refractivity contribution in [2.75, 3.05) is 26.2 Å². The molecule has 4 N–H and O–H groups in total. The van der Waals surface area contributed by atoms with Gasteiger partial charge in [0.1, 0.15) is 23.5 Å². The van der Waals surface area contributed by atoms with Crippen LogP contribution in [0.1, 0.15) is 41.5 Å². The van der Waals surface area contributed by atoms with Crippen LogP contribution in [-0.4, -0.2) is 83.8 Å². The van der Waals surface area contributed by atoms with Gasteiger partial charge in [0, 0.05) is 13.1 Å². The van der Waals surface area contributed by atoms with Gasteiger partial charge in [-0.05, 0) is 41.5 Å². The fourth-order valence-corrected chi connectivity index (χ4v) is 2.53. The summed E-state index contributed by atoms with van der Waals surface area (Å²) in [7, 11) is 0. The Morgan fingerprint density at radius 2 is 1.04 bits per heavy atom. The maximum Gasteiger partial charge on any atom is 0.410 e. The van der Waals surface area contributed by atoms with Gasteiger partial charge in [-0.3, -0.25) is 0 Å². The molecule has 0 saturated carbocycles. The second-order valence-electron chi connectivity index (χ2n) is 9.13. The van der Waals surface area contributed by atoms with E-state index in [9.17, 15) is 18.4 Å². The third kappa shape index (κ3) is 8.14. The van der Waals surface area contributed by atoms with Gasteiger partial charge in [-0.25, -0.2) is 18.4 Å². The number of nitrogens with two attached hydrogens (primary N) is 2. The molecule has 4 atom stereocenters. The Bertz CT molecular complexity index is 483. The summed E-state index contributed by atoms with van der Waals surface area (Å²) in [6.45, 7) is 11.2. The number of nitrogens with zero attached hydrogens (tertiary/aromatic N) is 2. The van der Waals surface area contributed by atoms with E-state index in [-0.39, 0.29) is 26.2 Å². The lowest BCUT2D eigenvalue weighted by Gasteiger charge is -2.24. The maximum absolute atomic E-state index is 13.0. The lowest BCUT2D eigenvalue weighted by molar-refractivity contribution is 0.0273. The molecule has 0 unspecified atom stereocenters. The number of likely N-dealkylation sites (tertiary alicyclic amines) is 2. The van der Waals surface area contributed by atoms with E-state index < -0.39 is 47.8 Å². The van der Waals surface area contributed by atoms with Crippen molar-refractivity contribution in [1.82, 2.24) is 9.80 Å². The van der Waals surface area contributed by atoms with Crippen molar-refractivity contribution in [2.45, 2.75) is 77.2 Å².